The van der Waals surface area contributed by atoms with Gasteiger partial charge in [0.2, 0.25) is 0 Å². The van der Waals surface area contributed by atoms with Gasteiger partial charge in [-0.3, -0.25) is 0 Å². The molecule has 0 atom stereocenters. The van der Waals surface area contributed by atoms with Gasteiger partial charge >= 0.3 is 0 Å². The minimum atomic E-state index is -0.0368. The van der Waals surface area contributed by atoms with Gasteiger partial charge in [-0.2, -0.15) is 0 Å². The molecule has 2 aromatic rings. The van der Waals surface area contributed by atoms with Gasteiger partial charge in [0, 0.05) is 23.1 Å². The third-order valence-electron chi connectivity index (χ3n) is 3.21. The number of H-pyrrole nitrogens is 1. The highest BCUT2D eigenvalue weighted by atomic mass is 79.9. The van der Waals surface area contributed by atoms with Crippen LogP contribution in [0.3, 0.4) is 0 Å². The van der Waals surface area contributed by atoms with Crippen molar-refractivity contribution >= 4 is 28.1 Å². The number of hydrogen-bond donors (Lipinski definition) is 1. The lowest BCUT2D eigenvalue weighted by Crippen LogP contribution is -2.17. The minimum Gasteiger partial charge on any atom is -0.496 e. The normalized spacial score (nSPS) is 11.5. The molecule has 0 aliphatic heterocycles. The highest BCUT2D eigenvalue weighted by molar-refractivity contribution is 9.10. The molecule has 0 amide bonds. The maximum absolute atomic E-state index is 5.39. The number of rotatable bonds is 3. The van der Waals surface area contributed by atoms with E-state index in [2.05, 4.69) is 46.7 Å². The van der Waals surface area contributed by atoms with Crippen LogP contribution in [0.1, 0.15) is 37.9 Å². The molecule has 0 spiro atoms. The van der Waals surface area contributed by atoms with E-state index in [9.17, 15) is 0 Å². The molecule has 0 fully saturated rings. The fourth-order valence-corrected chi connectivity index (χ4v) is 3.13. The van der Waals surface area contributed by atoms with Crippen molar-refractivity contribution < 1.29 is 4.74 Å². The molecule has 0 saturated carbocycles. The first-order valence-corrected chi connectivity index (χ1v) is 7.94. The summed E-state index contributed by atoms with van der Waals surface area (Å²) in [7, 11) is 1.68. The maximum Gasteiger partial charge on any atom is 0.144 e. The van der Waals surface area contributed by atoms with E-state index in [-0.39, 0.29) is 5.41 Å². The largest absolute Gasteiger partial charge is 0.496 e. The van der Waals surface area contributed by atoms with Crippen LogP contribution in [0.15, 0.2) is 28.7 Å². The first kappa shape index (κ1) is 16.2. The van der Waals surface area contributed by atoms with E-state index >= 15 is 0 Å². The summed E-state index contributed by atoms with van der Waals surface area (Å²) in [6.07, 6.45) is 0.657. The molecule has 1 aromatic carbocycles. The van der Waals surface area contributed by atoms with Gasteiger partial charge in [0.15, 0.2) is 0 Å². The van der Waals surface area contributed by atoms with E-state index in [1.165, 1.54) is 0 Å². The lowest BCUT2D eigenvalue weighted by molar-refractivity contribution is 0.410. The van der Waals surface area contributed by atoms with Crippen LogP contribution in [-0.4, -0.2) is 17.1 Å². The molecule has 2 rings (SSSR count). The molecule has 1 N–H and O–H groups in total. The molecule has 0 aliphatic carbocycles. The van der Waals surface area contributed by atoms with Crippen LogP contribution in [-0.2, 0) is 11.8 Å². The van der Waals surface area contributed by atoms with Gasteiger partial charge in [-0.05, 0) is 22.0 Å². The minimum absolute atomic E-state index is 0.0368. The average Bonchev–Trinajstić information content (AvgIpc) is 2.42. The van der Waals surface area contributed by atoms with Gasteiger partial charge in [-0.1, -0.05) is 51.2 Å². The predicted octanol–water partition coefficient (Wildman–Crippen LogP) is 4.80. The molecule has 0 aliphatic rings. The second-order valence-electron chi connectivity index (χ2n) is 5.92. The SMILES string of the molecule is COc1ccccc1Cc1nc(=S)c(Br)c(C(C)(C)C)[nH]1. The Morgan fingerprint density at radius 3 is 2.57 bits per heavy atom. The van der Waals surface area contributed by atoms with Gasteiger partial charge < -0.3 is 9.72 Å². The van der Waals surface area contributed by atoms with Crippen molar-refractivity contribution in [3.63, 3.8) is 0 Å². The van der Waals surface area contributed by atoms with Crippen molar-refractivity contribution in [2.75, 3.05) is 7.11 Å². The van der Waals surface area contributed by atoms with Crippen LogP contribution in [0.25, 0.3) is 0 Å². The third-order valence-corrected chi connectivity index (χ3v) is 4.54. The van der Waals surface area contributed by atoms with E-state index in [1.807, 2.05) is 24.3 Å². The summed E-state index contributed by atoms with van der Waals surface area (Å²) in [6, 6.07) is 7.94. The van der Waals surface area contributed by atoms with Gasteiger partial charge in [0.05, 0.1) is 11.6 Å². The summed E-state index contributed by atoms with van der Waals surface area (Å²) in [4.78, 5) is 7.89. The number of para-hydroxylation sites is 1. The van der Waals surface area contributed by atoms with Crippen molar-refractivity contribution in [2.45, 2.75) is 32.6 Å². The lowest BCUT2D eigenvalue weighted by Gasteiger charge is -2.21. The van der Waals surface area contributed by atoms with Crippen molar-refractivity contribution in [2.24, 2.45) is 0 Å². The van der Waals surface area contributed by atoms with Crippen LogP contribution in [0.4, 0.5) is 0 Å². The Hall–Kier alpha value is -1.20. The van der Waals surface area contributed by atoms with Crippen molar-refractivity contribution in [1.82, 2.24) is 9.97 Å². The molecule has 1 aromatic heterocycles. The molecular weight excluding hydrogens is 348 g/mol. The Morgan fingerprint density at radius 2 is 1.95 bits per heavy atom. The number of halogens is 1. The standard InChI is InChI=1S/C16H19BrN2OS/c1-16(2,3)14-13(17)15(21)19-12(18-14)9-10-7-5-6-8-11(10)20-4/h5-8H,9H2,1-4H3,(H,18,19,21). The number of aromatic nitrogens is 2. The van der Waals surface area contributed by atoms with Gasteiger partial charge in [0.1, 0.15) is 16.2 Å². The van der Waals surface area contributed by atoms with Crippen LogP contribution in [0.2, 0.25) is 0 Å². The lowest BCUT2D eigenvalue weighted by atomic mass is 9.92. The predicted molar refractivity (Wildman–Crippen MR) is 91.6 cm³/mol. The summed E-state index contributed by atoms with van der Waals surface area (Å²) < 4.78 is 6.85. The number of nitrogens with zero attached hydrogens (tertiary/aromatic N) is 1. The zero-order valence-electron chi connectivity index (χ0n) is 12.7. The van der Waals surface area contributed by atoms with Gasteiger partial charge in [-0.25, -0.2) is 4.98 Å². The first-order valence-electron chi connectivity index (χ1n) is 6.74. The highest BCUT2D eigenvalue weighted by Gasteiger charge is 2.20. The number of hydrogen-bond acceptors (Lipinski definition) is 3. The quantitative estimate of drug-likeness (QED) is 0.792. The number of methoxy groups -OCH3 is 1. The number of aromatic amines is 1. The fraction of sp³-hybridized carbons (Fsp3) is 0.375. The van der Waals surface area contributed by atoms with E-state index in [0.717, 1.165) is 27.3 Å². The Kier molecular flexibility index (Phi) is 4.84. The molecular formula is C16H19BrN2OS. The summed E-state index contributed by atoms with van der Waals surface area (Å²) >= 11 is 8.91. The van der Waals surface area contributed by atoms with Crippen LogP contribution < -0.4 is 4.74 Å². The number of benzene rings is 1. The van der Waals surface area contributed by atoms with E-state index < -0.39 is 0 Å². The smallest absolute Gasteiger partial charge is 0.144 e. The number of ether oxygens (including phenoxy) is 1. The zero-order chi connectivity index (χ0) is 15.6. The molecule has 5 heteroatoms. The van der Waals surface area contributed by atoms with Crippen LogP contribution in [0.5, 0.6) is 5.75 Å². The Bertz CT molecular complexity index is 704. The Labute approximate surface area is 138 Å². The highest BCUT2D eigenvalue weighted by Crippen LogP contribution is 2.29. The third kappa shape index (κ3) is 3.71. The maximum atomic E-state index is 5.39. The Balaban J connectivity index is 2.46. The molecule has 0 saturated heterocycles. The summed E-state index contributed by atoms with van der Waals surface area (Å²) in [5.74, 6) is 1.71. The summed E-state index contributed by atoms with van der Waals surface area (Å²) in [5, 5.41) is 0. The monoisotopic (exact) mass is 366 g/mol. The fourth-order valence-electron chi connectivity index (χ4n) is 2.14. The molecule has 21 heavy (non-hydrogen) atoms. The summed E-state index contributed by atoms with van der Waals surface area (Å²) in [5.41, 5.74) is 2.11. The molecule has 0 bridgehead atoms. The zero-order valence-corrected chi connectivity index (χ0v) is 15.1. The van der Waals surface area contributed by atoms with Crippen molar-refractivity contribution in [1.29, 1.82) is 0 Å². The first-order chi connectivity index (χ1) is 9.82. The van der Waals surface area contributed by atoms with Gasteiger partial charge in [-0.15, -0.1) is 0 Å². The Morgan fingerprint density at radius 1 is 1.29 bits per heavy atom. The summed E-state index contributed by atoms with van der Waals surface area (Å²) in [6.45, 7) is 6.43. The van der Waals surface area contributed by atoms with Crippen molar-refractivity contribution in [3.8, 4) is 5.75 Å². The topological polar surface area (TPSA) is 37.9 Å². The van der Waals surface area contributed by atoms with E-state index in [0.29, 0.717) is 11.1 Å². The molecule has 1 heterocycles. The molecule has 0 unspecified atom stereocenters. The molecule has 3 nitrogen and oxygen atoms in total. The number of nitrogens with one attached hydrogen (secondary N) is 1. The second-order valence-corrected chi connectivity index (χ2v) is 7.10. The molecule has 112 valence electrons. The molecule has 0 radical (unpaired) electrons. The van der Waals surface area contributed by atoms with Crippen LogP contribution >= 0.6 is 28.1 Å². The van der Waals surface area contributed by atoms with Crippen molar-refractivity contribution in [3.05, 3.63) is 50.5 Å². The van der Waals surface area contributed by atoms with E-state index in [4.69, 9.17) is 17.0 Å². The van der Waals surface area contributed by atoms with E-state index in [1.54, 1.807) is 7.11 Å². The van der Waals surface area contributed by atoms with Gasteiger partial charge in [0.25, 0.3) is 0 Å². The van der Waals surface area contributed by atoms with Crippen LogP contribution in [0, 0.1) is 4.64 Å². The second kappa shape index (κ2) is 6.28. The average molecular weight is 367 g/mol.